The Labute approximate surface area is 99.3 Å². The van der Waals surface area contributed by atoms with Crippen LogP contribution in [0.5, 0.6) is 5.75 Å². The molecular weight excluding hydrogens is 222 g/mol. The van der Waals surface area contributed by atoms with Crippen molar-refractivity contribution in [2.75, 3.05) is 20.3 Å². The molecule has 0 aliphatic carbocycles. The van der Waals surface area contributed by atoms with Crippen molar-refractivity contribution in [3.63, 3.8) is 0 Å². The number of benzene rings is 1. The van der Waals surface area contributed by atoms with Gasteiger partial charge in [-0.1, -0.05) is 18.2 Å². The zero-order valence-corrected chi connectivity index (χ0v) is 9.60. The Balaban J connectivity index is 2.18. The number of hydrogen-bond donors (Lipinski definition) is 2. The van der Waals surface area contributed by atoms with Gasteiger partial charge in [-0.3, -0.25) is 0 Å². The lowest BCUT2D eigenvalue weighted by atomic mass is 9.88. The van der Waals surface area contributed by atoms with E-state index in [0.29, 0.717) is 24.3 Å². The average Bonchev–Trinajstić information content (AvgIpc) is 2.37. The summed E-state index contributed by atoms with van der Waals surface area (Å²) < 4.78 is 9.93. The summed E-state index contributed by atoms with van der Waals surface area (Å²) in [6, 6.07) is 7.28. The van der Waals surface area contributed by atoms with E-state index >= 15 is 0 Å². The van der Waals surface area contributed by atoms with E-state index in [1.807, 2.05) is 12.1 Å². The van der Waals surface area contributed by atoms with Gasteiger partial charge in [-0.2, -0.15) is 0 Å². The molecule has 2 rings (SSSR count). The maximum absolute atomic E-state index is 11.0. The number of carbonyl (C=O) groups excluding carboxylic acids is 1. The second-order valence-corrected chi connectivity index (χ2v) is 3.97. The third kappa shape index (κ3) is 2.34. The number of alkyl carbamates (subject to hydrolysis) is 1. The van der Waals surface area contributed by atoms with Crippen LogP contribution in [0.4, 0.5) is 4.79 Å². The number of ether oxygens (including phenoxy) is 2. The first-order valence-electron chi connectivity index (χ1n) is 5.42. The van der Waals surface area contributed by atoms with Gasteiger partial charge in [0.2, 0.25) is 0 Å². The molecular formula is C12H15NO4. The number of fused-ring (bicyclic) bond motifs is 1. The molecule has 2 N–H and O–H groups in total. The number of methoxy groups -OCH3 is 1. The molecule has 5 heteroatoms. The minimum atomic E-state index is -1.09. The van der Waals surface area contributed by atoms with Gasteiger partial charge in [-0.15, -0.1) is 0 Å². The van der Waals surface area contributed by atoms with Crippen molar-refractivity contribution in [3.8, 4) is 5.75 Å². The molecule has 1 amide bonds. The second kappa shape index (κ2) is 4.63. The summed E-state index contributed by atoms with van der Waals surface area (Å²) in [5.41, 5.74) is -0.397. The minimum Gasteiger partial charge on any atom is -0.493 e. The lowest BCUT2D eigenvalue weighted by Crippen LogP contribution is -2.43. The molecule has 1 aliphatic rings. The van der Waals surface area contributed by atoms with E-state index in [1.165, 1.54) is 7.11 Å². The van der Waals surface area contributed by atoms with Crippen molar-refractivity contribution in [3.05, 3.63) is 29.8 Å². The molecule has 1 aromatic rings. The molecule has 0 saturated heterocycles. The maximum Gasteiger partial charge on any atom is 0.406 e. The largest absolute Gasteiger partial charge is 0.493 e. The number of hydrogen-bond acceptors (Lipinski definition) is 4. The Morgan fingerprint density at radius 3 is 3.12 bits per heavy atom. The predicted octanol–water partition coefficient (Wildman–Crippen LogP) is 1.01. The number of aliphatic hydroxyl groups is 1. The Kier molecular flexibility index (Phi) is 3.19. The molecule has 17 heavy (non-hydrogen) atoms. The van der Waals surface area contributed by atoms with Gasteiger partial charge >= 0.3 is 6.09 Å². The van der Waals surface area contributed by atoms with Gasteiger partial charge in [0.15, 0.2) is 0 Å². The molecule has 0 unspecified atom stereocenters. The van der Waals surface area contributed by atoms with Gasteiger partial charge in [0.05, 0.1) is 20.3 Å². The van der Waals surface area contributed by atoms with E-state index < -0.39 is 11.7 Å². The van der Waals surface area contributed by atoms with Crippen molar-refractivity contribution in [2.24, 2.45) is 0 Å². The van der Waals surface area contributed by atoms with Gasteiger partial charge in [-0.05, 0) is 6.07 Å². The Hall–Kier alpha value is -1.75. The second-order valence-electron chi connectivity index (χ2n) is 3.97. The SMILES string of the molecule is COC(=O)NC[C@]1(O)CCOc2ccccc21. The molecule has 0 spiro atoms. The van der Waals surface area contributed by atoms with E-state index in [-0.39, 0.29) is 6.54 Å². The summed E-state index contributed by atoms with van der Waals surface area (Å²) in [6.45, 7) is 0.538. The lowest BCUT2D eigenvalue weighted by Gasteiger charge is -2.34. The zero-order chi connectivity index (χ0) is 12.3. The van der Waals surface area contributed by atoms with Gasteiger partial charge in [-0.25, -0.2) is 4.79 Å². The minimum absolute atomic E-state index is 0.111. The van der Waals surface area contributed by atoms with Crippen molar-refractivity contribution in [1.29, 1.82) is 0 Å². The summed E-state index contributed by atoms with van der Waals surface area (Å²) in [6.07, 6.45) is -0.115. The van der Waals surface area contributed by atoms with E-state index in [0.717, 1.165) is 0 Å². The summed E-state index contributed by atoms with van der Waals surface area (Å²) in [4.78, 5) is 11.0. The first-order valence-corrected chi connectivity index (χ1v) is 5.42. The highest BCUT2D eigenvalue weighted by Crippen LogP contribution is 2.36. The first-order chi connectivity index (χ1) is 8.15. The van der Waals surface area contributed by atoms with Crippen LogP contribution >= 0.6 is 0 Å². The van der Waals surface area contributed by atoms with E-state index in [9.17, 15) is 9.90 Å². The van der Waals surface area contributed by atoms with Gasteiger partial charge < -0.3 is 19.9 Å². The molecule has 1 atom stereocenters. The van der Waals surface area contributed by atoms with Crippen LogP contribution in [0.3, 0.4) is 0 Å². The number of nitrogens with one attached hydrogen (secondary N) is 1. The number of amides is 1. The zero-order valence-electron chi connectivity index (χ0n) is 9.60. The third-order valence-electron chi connectivity index (χ3n) is 2.87. The molecule has 1 aliphatic heterocycles. The van der Waals surface area contributed by atoms with Crippen LogP contribution in [0.15, 0.2) is 24.3 Å². The van der Waals surface area contributed by atoms with Crippen molar-refractivity contribution in [1.82, 2.24) is 5.32 Å². The van der Waals surface area contributed by atoms with E-state index in [4.69, 9.17) is 4.74 Å². The fraction of sp³-hybridized carbons (Fsp3) is 0.417. The highest BCUT2D eigenvalue weighted by Gasteiger charge is 2.35. The van der Waals surface area contributed by atoms with Crippen LogP contribution in [-0.4, -0.2) is 31.5 Å². The van der Waals surface area contributed by atoms with Crippen LogP contribution in [0.2, 0.25) is 0 Å². The van der Waals surface area contributed by atoms with Crippen LogP contribution < -0.4 is 10.1 Å². The molecule has 0 fully saturated rings. The molecule has 1 heterocycles. The fourth-order valence-electron chi connectivity index (χ4n) is 1.92. The molecule has 0 saturated carbocycles. The van der Waals surface area contributed by atoms with Gasteiger partial charge in [0.25, 0.3) is 0 Å². The van der Waals surface area contributed by atoms with Gasteiger partial charge in [0, 0.05) is 12.0 Å². The van der Waals surface area contributed by atoms with Crippen LogP contribution in [-0.2, 0) is 10.3 Å². The molecule has 0 aromatic heterocycles. The van der Waals surface area contributed by atoms with Crippen molar-refractivity contribution in [2.45, 2.75) is 12.0 Å². The van der Waals surface area contributed by atoms with Gasteiger partial charge in [0.1, 0.15) is 11.4 Å². The number of carbonyl (C=O) groups is 1. The van der Waals surface area contributed by atoms with E-state index in [2.05, 4.69) is 10.1 Å². The molecule has 5 nitrogen and oxygen atoms in total. The average molecular weight is 237 g/mol. The molecule has 92 valence electrons. The summed E-state index contributed by atoms with van der Waals surface area (Å²) in [7, 11) is 1.29. The summed E-state index contributed by atoms with van der Waals surface area (Å²) in [5.74, 6) is 0.660. The highest BCUT2D eigenvalue weighted by atomic mass is 16.5. The standard InChI is InChI=1S/C12H15NO4/c1-16-11(14)13-8-12(15)6-7-17-10-5-3-2-4-9(10)12/h2-5,15H,6-8H2,1H3,(H,13,14)/t12-/m1/s1. The molecule has 0 radical (unpaired) electrons. The Morgan fingerprint density at radius 1 is 1.59 bits per heavy atom. The Bertz CT molecular complexity index is 421. The summed E-state index contributed by atoms with van der Waals surface area (Å²) in [5, 5.41) is 13.0. The van der Waals surface area contributed by atoms with Crippen molar-refractivity contribution >= 4 is 6.09 Å². The monoisotopic (exact) mass is 237 g/mol. The first kappa shape index (κ1) is 11.7. The van der Waals surface area contributed by atoms with Crippen LogP contribution in [0.25, 0.3) is 0 Å². The molecule has 0 bridgehead atoms. The molecule has 1 aromatic carbocycles. The Morgan fingerprint density at radius 2 is 2.35 bits per heavy atom. The van der Waals surface area contributed by atoms with Crippen LogP contribution in [0, 0.1) is 0 Å². The quantitative estimate of drug-likeness (QED) is 0.805. The lowest BCUT2D eigenvalue weighted by molar-refractivity contribution is -0.00186. The normalized spacial score (nSPS) is 22.2. The number of rotatable bonds is 2. The van der Waals surface area contributed by atoms with Crippen LogP contribution in [0.1, 0.15) is 12.0 Å². The number of para-hydroxylation sites is 1. The predicted molar refractivity (Wildman–Crippen MR) is 60.9 cm³/mol. The van der Waals surface area contributed by atoms with Crippen molar-refractivity contribution < 1.29 is 19.4 Å². The highest BCUT2D eigenvalue weighted by molar-refractivity contribution is 5.67. The third-order valence-corrected chi connectivity index (χ3v) is 2.87. The fourth-order valence-corrected chi connectivity index (χ4v) is 1.92. The summed E-state index contributed by atoms with van der Waals surface area (Å²) >= 11 is 0. The van der Waals surface area contributed by atoms with E-state index in [1.54, 1.807) is 12.1 Å². The maximum atomic E-state index is 11.0. The smallest absolute Gasteiger partial charge is 0.406 e. The topological polar surface area (TPSA) is 67.8 Å².